The molecule has 0 fully saturated rings. The largest absolute Gasteiger partial charge is 0.0949 e. The molecular weight excluding hydrogens is 256 g/mol. The summed E-state index contributed by atoms with van der Waals surface area (Å²) in [5, 5.41) is 0. The standard InChI is InChI=1S/C19H20Si/c1-12-10-13-6-3-4-7-15(13)17-11-18(20-2)16-9-5-8-14(12)19(16)17/h3-9,17-18H,1,10-11,20H2,2H3. The van der Waals surface area contributed by atoms with Gasteiger partial charge in [-0.05, 0) is 51.8 Å². The van der Waals surface area contributed by atoms with Crippen LogP contribution in [0.5, 0.6) is 0 Å². The molecule has 0 saturated carbocycles. The predicted octanol–water partition coefficient (Wildman–Crippen LogP) is 4.05. The van der Waals surface area contributed by atoms with Crippen LogP contribution < -0.4 is 0 Å². The molecule has 2 aromatic carbocycles. The molecule has 2 unspecified atom stereocenters. The molecule has 2 aromatic rings. The molecule has 2 aliphatic carbocycles. The van der Waals surface area contributed by atoms with E-state index < -0.39 is 0 Å². The van der Waals surface area contributed by atoms with E-state index in [2.05, 4.69) is 55.6 Å². The fourth-order valence-electron chi connectivity index (χ4n) is 4.19. The topological polar surface area (TPSA) is 0 Å². The van der Waals surface area contributed by atoms with E-state index in [4.69, 9.17) is 0 Å². The molecule has 2 atom stereocenters. The van der Waals surface area contributed by atoms with Crippen molar-refractivity contribution >= 4 is 15.1 Å². The average molecular weight is 276 g/mol. The third-order valence-corrected chi connectivity index (χ3v) is 6.92. The predicted molar refractivity (Wildman–Crippen MR) is 89.2 cm³/mol. The first kappa shape index (κ1) is 12.2. The van der Waals surface area contributed by atoms with Gasteiger partial charge in [0.2, 0.25) is 0 Å². The lowest BCUT2D eigenvalue weighted by molar-refractivity contribution is 0.762. The molecule has 0 N–H and O–H groups in total. The highest BCUT2D eigenvalue weighted by atomic mass is 28.2. The third-order valence-electron chi connectivity index (χ3n) is 5.16. The Balaban J connectivity index is 2.01. The van der Waals surface area contributed by atoms with Crippen LogP contribution in [0.25, 0.3) is 5.57 Å². The van der Waals surface area contributed by atoms with Gasteiger partial charge in [0, 0.05) is 15.4 Å². The molecule has 0 aliphatic heterocycles. The first-order valence-electron chi connectivity index (χ1n) is 7.68. The van der Waals surface area contributed by atoms with Crippen LogP contribution in [-0.4, -0.2) is 9.52 Å². The van der Waals surface area contributed by atoms with Crippen molar-refractivity contribution in [2.24, 2.45) is 0 Å². The number of hydrogen-bond donors (Lipinski definition) is 0. The Labute approximate surface area is 123 Å². The minimum absolute atomic E-state index is 0.00569. The number of allylic oxidation sites excluding steroid dienone is 1. The Morgan fingerprint density at radius 1 is 1.05 bits per heavy atom. The molecule has 0 radical (unpaired) electrons. The Hall–Kier alpha value is -1.60. The monoisotopic (exact) mass is 276 g/mol. The van der Waals surface area contributed by atoms with Gasteiger partial charge in [0.1, 0.15) is 0 Å². The maximum absolute atomic E-state index is 4.38. The minimum Gasteiger partial charge on any atom is -0.0949 e. The molecule has 0 heterocycles. The first-order valence-corrected chi connectivity index (χ1v) is 9.91. The van der Waals surface area contributed by atoms with Crippen molar-refractivity contribution in [3.05, 3.63) is 76.9 Å². The van der Waals surface area contributed by atoms with E-state index in [1.807, 2.05) is 0 Å². The SMILES string of the molecule is C=C1Cc2ccccc2C2CC([SiH2]C)c3cccc1c32. The van der Waals surface area contributed by atoms with Gasteiger partial charge in [-0.2, -0.15) is 0 Å². The van der Waals surface area contributed by atoms with Gasteiger partial charge >= 0.3 is 0 Å². The second kappa shape index (κ2) is 4.46. The van der Waals surface area contributed by atoms with Crippen molar-refractivity contribution in [3.63, 3.8) is 0 Å². The van der Waals surface area contributed by atoms with E-state index in [1.165, 1.54) is 23.1 Å². The van der Waals surface area contributed by atoms with Crippen molar-refractivity contribution in [2.75, 3.05) is 0 Å². The van der Waals surface area contributed by atoms with E-state index in [9.17, 15) is 0 Å². The molecule has 0 bridgehead atoms. The lowest BCUT2D eigenvalue weighted by atomic mass is 9.89. The van der Waals surface area contributed by atoms with Crippen LogP contribution in [0.15, 0.2) is 49.0 Å². The molecule has 0 amide bonds. The lowest BCUT2D eigenvalue weighted by Gasteiger charge is -2.14. The number of benzene rings is 2. The summed E-state index contributed by atoms with van der Waals surface area (Å²) in [7, 11) is -0.00569. The van der Waals surface area contributed by atoms with Gasteiger partial charge in [-0.3, -0.25) is 0 Å². The summed E-state index contributed by atoms with van der Waals surface area (Å²) in [5.74, 6) is 0.620. The zero-order chi connectivity index (χ0) is 13.7. The highest BCUT2D eigenvalue weighted by Crippen LogP contribution is 2.50. The van der Waals surface area contributed by atoms with Crippen LogP contribution in [0, 0.1) is 0 Å². The summed E-state index contributed by atoms with van der Waals surface area (Å²) in [4.78, 5) is 0. The van der Waals surface area contributed by atoms with Crippen molar-refractivity contribution < 1.29 is 0 Å². The van der Waals surface area contributed by atoms with Crippen LogP contribution in [-0.2, 0) is 6.42 Å². The maximum Gasteiger partial charge on any atom is 0.0257 e. The van der Waals surface area contributed by atoms with Crippen molar-refractivity contribution in [1.29, 1.82) is 0 Å². The van der Waals surface area contributed by atoms with Gasteiger partial charge < -0.3 is 0 Å². The molecule has 0 aromatic heterocycles. The molecule has 20 heavy (non-hydrogen) atoms. The fraction of sp³-hybridized carbons (Fsp3) is 0.263. The summed E-state index contributed by atoms with van der Waals surface area (Å²) in [6, 6.07) is 15.9. The highest BCUT2D eigenvalue weighted by molar-refractivity contribution is 6.36. The van der Waals surface area contributed by atoms with Gasteiger partial charge in [0.15, 0.2) is 0 Å². The van der Waals surface area contributed by atoms with E-state index in [0.717, 1.165) is 12.0 Å². The summed E-state index contributed by atoms with van der Waals surface area (Å²) >= 11 is 0. The number of fused-ring (bicyclic) bond motifs is 2. The smallest absolute Gasteiger partial charge is 0.0257 e. The third kappa shape index (κ3) is 1.59. The Bertz CT molecular complexity index is 699. The van der Waals surface area contributed by atoms with Crippen LogP contribution in [0.3, 0.4) is 0 Å². The van der Waals surface area contributed by atoms with Crippen LogP contribution in [0.1, 0.15) is 45.7 Å². The molecule has 4 rings (SSSR count). The normalized spacial score (nSPS) is 23.8. The Morgan fingerprint density at radius 3 is 2.70 bits per heavy atom. The summed E-state index contributed by atoms with van der Waals surface area (Å²) in [6.07, 6.45) is 2.34. The van der Waals surface area contributed by atoms with Gasteiger partial charge in [-0.25, -0.2) is 0 Å². The second-order valence-electron chi connectivity index (χ2n) is 6.18. The summed E-state index contributed by atoms with van der Waals surface area (Å²) in [5.41, 5.74) is 9.90. The van der Waals surface area contributed by atoms with Crippen molar-refractivity contribution in [3.8, 4) is 0 Å². The minimum atomic E-state index is -0.00569. The fourth-order valence-corrected chi connectivity index (χ4v) is 5.66. The molecule has 1 heteroatoms. The number of rotatable bonds is 1. The average Bonchev–Trinajstić information content (AvgIpc) is 2.80. The quantitative estimate of drug-likeness (QED) is 0.689. The van der Waals surface area contributed by atoms with Gasteiger partial charge in [-0.15, -0.1) is 0 Å². The molecule has 100 valence electrons. The van der Waals surface area contributed by atoms with Crippen molar-refractivity contribution in [2.45, 2.75) is 30.8 Å². The molecular formula is C19H20Si. The summed E-state index contributed by atoms with van der Waals surface area (Å²) < 4.78 is 0. The highest BCUT2D eigenvalue weighted by Gasteiger charge is 2.35. The second-order valence-corrected chi connectivity index (χ2v) is 7.98. The summed E-state index contributed by atoms with van der Waals surface area (Å²) in [6.45, 7) is 6.83. The van der Waals surface area contributed by atoms with Crippen LogP contribution in [0.2, 0.25) is 6.55 Å². The van der Waals surface area contributed by atoms with E-state index in [-0.39, 0.29) is 9.52 Å². The van der Waals surface area contributed by atoms with Crippen LogP contribution in [0.4, 0.5) is 0 Å². The Kier molecular flexibility index (Phi) is 2.71. The maximum atomic E-state index is 4.38. The zero-order valence-corrected chi connectivity index (χ0v) is 13.4. The number of hydrogen-bond acceptors (Lipinski definition) is 0. The van der Waals surface area contributed by atoms with Crippen LogP contribution >= 0.6 is 0 Å². The molecule has 2 aliphatic rings. The molecule has 0 spiro atoms. The van der Waals surface area contributed by atoms with E-state index in [0.29, 0.717) is 5.92 Å². The van der Waals surface area contributed by atoms with E-state index >= 15 is 0 Å². The first-order chi connectivity index (χ1) is 9.79. The van der Waals surface area contributed by atoms with Gasteiger partial charge in [0.25, 0.3) is 0 Å². The molecule has 0 nitrogen and oxygen atoms in total. The van der Waals surface area contributed by atoms with Gasteiger partial charge in [-0.1, -0.05) is 55.6 Å². The van der Waals surface area contributed by atoms with Crippen molar-refractivity contribution in [1.82, 2.24) is 0 Å². The Morgan fingerprint density at radius 2 is 1.85 bits per heavy atom. The lowest BCUT2D eigenvalue weighted by Crippen LogP contribution is -2.02. The van der Waals surface area contributed by atoms with E-state index in [1.54, 1.807) is 16.7 Å². The van der Waals surface area contributed by atoms with Gasteiger partial charge in [0.05, 0.1) is 0 Å². The molecule has 0 saturated heterocycles. The zero-order valence-electron chi connectivity index (χ0n) is 12.0.